The Morgan fingerprint density at radius 3 is 2.57 bits per heavy atom. The molecule has 0 unspecified atom stereocenters. The maximum atomic E-state index is 12.7. The second-order valence-electron chi connectivity index (χ2n) is 9.04. The smallest absolute Gasteiger partial charge is 0.254 e. The number of hydrogen-bond donors (Lipinski definition) is 3. The molecule has 0 radical (unpaired) electrons. The van der Waals surface area contributed by atoms with Gasteiger partial charge in [0.2, 0.25) is 5.95 Å². The number of rotatable bonds is 5. The number of morpholine rings is 1. The first kappa shape index (κ1) is 23.6. The molecule has 10 heteroatoms. The highest BCUT2D eigenvalue weighted by Gasteiger charge is 2.21. The molecule has 9 nitrogen and oxygen atoms in total. The second kappa shape index (κ2) is 10.2. The van der Waals surface area contributed by atoms with Gasteiger partial charge >= 0.3 is 0 Å². The predicted octanol–water partition coefficient (Wildman–Crippen LogP) is 3.71. The van der Waals surface area contributed by atoms with Crippen LogP contribution in [0, 0.1) is 0 Å². The van der Waals surface area contributed by atoms with Gasteiger partial charge in [-0.3, -0.25) is 4.79 Å². The van der Waals surface area contributed by atoms with E-state index in [1.54, 1.807) is 29.3 Å². The number of hydrogen-bond acceptors (Lipinski definition) is 8. The molecule has 184 valence electrons. The Kier molecular flexibility index (Phi) is 6.90. The molecule has 3 aromatic rings. The molecule has 1 amide bonds. The lowest BCUT2D eigenvalue weighted by Crippen LogP contribution is -2.40. The molecule has 5 rings (SSSR count). The van der Waals surface area contributed by atoms with Crippen LogP contribution in [0.4, 0.5) is 17.3 Å². The van der Waals surface area contributed by atoms with Crippen LogP contribution in [-0.2, 0) is 4.74 Å². The fraction of sp³-hybridized carbons (Fsp3) is 0.400. The van der Waals surface area contributed by atoms with Crippen LogP contribution in [0.1, 0.15) is 23.2 Å². The highest BCUT2D eigenvalue weighted by atomic mass is 35.5. The van der Waals surface area contributed by atoms with Crippen LogP contribution in [0.3, 0.4) is 0 Å². The molecular weight excluding hydrogens is 468 g/mol. The quantitative estimate of drug-likeness (QED) is 0.459. The van der Waals surface area contributed by atoms with E-state index in [1.165, 1.54) is 0 Å². The van der Waals surface area contributed by atoms with Crippen LogP contribution in [0.15, 0.2) is 36.5 Å². The third kappa shape index (κ3) is 5.27. The number of halogens is 1. The number of benzene rings is 2. The minimum absolute atomic E-state index is 0.00832. The van der Waals surface area contributed by atoms with Crippen molar-refractivity contribution in [2.75, 3.05) is 57.1 Å². The van der Waals surface area contributed by atoms with E-state index in [0.29, 0.717) is 59.4 Å². The van der Waals surface area contributed by atoms with E-state index in [2.05, 4.69) is 32.5 Å². The zero-order valence-electron chi connectivity index (χ0n) is 19.6. The Bertz CT molecular complexity index is 1210. The van der Waals surface area contributed by atoms with Gasteiger partial charge in [-0.2, -0.15) is 0 Å². The first-order valence-electron chi connectivity index (χ1n) is 11.9. The minimum Gasteiger partial charge on any atom is -0.504 e. The average Bonchev–Trinajstić information content (AvgIpc) is 2.89. The lowest BCUT2D eigenvalue weighted by atomic mass is 10.0. The third-order valence-corrected chi connectivity index (χ3v) is 6.87. The van der Waals surface area contributed by atoms with Gasteiger partial charge in [0.1, 0.15) is 5.52 Å². The van der Waals surface area contributed by atoms with Gasteiger partial charge in [-0.25, -0.2) is 9.97 Å². The van der Waals surface area contributed by atoms with E-state index in [-0.39, 0.29) is 17.7 Å². The van der Waals surface area contributed by atoms with E-state index < -0.39 is 0 Å². The first-order chi connectivity index (χ1) is 17.0. The lowest BCUT2D eigenvalue weighted by Gasteiger charge is -2.30. The van der Waals surface area contributed by atoms with Gasteiger partial charge in [-0.15, -0.1) is 0 Å². The number of ether oxygens (including phenoxy) is 1. The number of aromatic hydroxyl groups is 1. The number of fused-ring (bicyclic) bond motifs is 1. The van der Waals surface area contributed by atoms with Crippen LogP contribution >= 0.6 is 11.6 Å². The highest BCUT2D eigenvalue weighted by molar-refractivity contribution is 6.36. The van der Waals surface area contributed by atoms with Gasteiger partial charge in [-0.05, 0) is 63.3 Å². The topological polar surface area (TPSA) is 103 Å². The Morgan fingerprint density at radius 2 is 1.86 bits per heavy atom. The molecule has 0 bridgehead atoms. The molecule has 0 atom stereocenters. The number of carbonyl (C=O) groups is 1. The predicted molar refractivity (Wildman–Crippen MR) is 137 cm³/mol. The fourth-order valence-corrected chi connectivity index (χ4v) is 4.70. The minimum atomic E-state index is -0.00832. The summed E-state index contributed by atoms with van der Waals surface area (Å²) < 4.78 is 5.32. The van der Waals surface area contributed by atoms with Crippen molar-refractivity contribution in [3.63, 3.8) is 0 Å². The molecule has 35 heavy (non-hydrogen) atoms. The van der Waals surface area contributed by atoms with Crippen molar-refractivity contribution >= 4 is 45.7 Å². The molecule has 2 aliphatic heterocycles. The summed E-state index contributed by atoms with van der Waals surface area (Å²) in [7, 11) is 2.11. The van der Waals surface area contributed by atoms with Crippen molar-refractivity contribution < 1.29 is 14.6 Å². The number of phenols is 1. The summed E-state index contributed by atoms with van der Waals surface area (Å²) in [6.07, 6.45) is 3.58. The molecule has 0 aliphatic carbocycles. The first-order valence-corrected chi connectivity index (χ1v) is 12.2. The van der Waals surface area contributed by atoms with Crippen LogP contribution in [0.5, 0.6) is 5.75 Å². The molecule has 3 heterocycles. The Morgan fingerprint density at radius 1 is 1.14 bits per heavy atom. The number of aromatic nitrogens is 2. The van der Waals surface area contributed by atoms with Crippen molar-refractivity contribution in [3.05, 3.63) is 47.1 Å². The number of piperidine rings is 1. The molecule has 2 fully saturated rings. The summed E-state index contributed by atoms with van der Waals surface area (Å²) in [5.74, 6) is 0.374. The number of nitrogens with zero attached hydrogens (tertiary/aromatic N) is 4. The van der Waals surface area contributed by atoms with Crippen LogP contribution in [0.25, 0.3) is 10.9 Å². The number of carbonyl (C=O) groups excluding carboxylic acids is 1. The van der Waals surface area contributed by atoms with Gasteiger partial charge < -0.3 is 30.3 Å². The summed E-state index contributed by atoms with van der Waals surface area (Å²) in [4.78, 5) is 25.6. The van der Waals surface area contributed by atoms with Gasteiger partial charge in [0, 0.05) is 42.0 Å². The van der Waals surface area contributed by atoms with E-state index in [1.807, 2.05) is 12.1 Å². The summed E-state index contributed by atoms with van der Waals surface area (Å²) in [6, 6.07) is 9.18. The van der Waals surface area contributed by atoms with Crippen molar-refractivity contribution in [1.29, 1.82) is 0 Å². The van der Waals surface area contributed by atoms with Crippen LogP contribution in [0.2, 0.25) is 5.02 Å². The fourth-order valence-electron chi connectivity index (χ4n) is 4.45. The molecular formula is C25H29ClN6O3. The Balaban J connectivity index is 1.33. The molecule has 0 saturated carbocycles. The van der Waals surface area contributed by atoms with Crippen molar-refractivity contribution in [2.45, 2.75) is 18.9 Å². The van der Waals surface area contributed by atoms with E-state index in [0.717, 1.165) is 31.6 Å². The number of nitrogens with one attached hydrogen (secondary N) is 2. The summed E-state index contributed by atoms with van der Waals surface area (Å²) in [5.41, 5.74) is 2.30. The van der Waals surface area contributed by atoms with Crippen molar-refractivity contribution in [3.8, 4) is 5.75 Å². The SMILES string of the molecule is CN1CCC(Nc2cc(Cl)c3cnc(Nc4ccc(C(=O)N5CCOCC5)cc4)nc3c2O)CC1. The zero-order valence-corrected chi connectivity index (χ0v) is 20.4. The Hall–Kier alpha value is -3.14. The number of amides is 1. The normalized spacial score (nSPS) is 17.5. The molecule has 2 aliphatic rings. The zero-order chi connectivity index (χ0) is 24.4. The van der Waals surface area contributed by atoms with E-state index in [9.17, 15) is 9.90 Å². The van der Waals surface area contributed by atoms with Crippen LogP contribution < -0.4 is 10.6 Å². The summed E-state index contributed by atoms with van der Waals surface area (Å²) in [6.45, 7) is 4.35. The lowest BCUT2D eigenvalue weighted by molar-refractivity contribution is 0.0303. The molecule has 0 spiro atoms. The van der Waals surface area contributed by atoms with E-state index >= 15 is 0 Å². The van der Waals surface area contributed by atoms with Gasteiger partial charge in [0.05, 0.1) is 23.9 Å². The maximum Gasteiger partial charge on any atom is 0.254 e. The second-order valence-corrected chi connectivity index (χ2v) is 9.45. The average molecular weight is 497 g/mol. The molecule has 1 aromatic heterocycles. The van der Waals surface area contributed by atoms with Crippen molar-refractivity contribution in [1.82, 2.24) is 19.8 Å². The van der Waals surface area contributed by atoms with Crippen molar-refractivity contribution in [2.24, 2.45) is 0 Å². The molecule has 2 aromatic carbocycles. The van der Waals surface area contributed by atoms with Crippen LogP contribution in [-0.4, -0.2) is 83.3 Å². The summed E-state index contributed by atoms with van der Waals surface area (Å²) in [5, 5.41) is 18.6. The Labute approximate surface area is 209 Å². The van der Waals surface area contributed by atoms with Gasteiger partial charge in [0.15, 0.2) is 5.75 Å². The van der Waals surface area contributed by atoms with Gasteiger partial charge in [-0.1, -0.05) is 11.6 Å². The number of likely N-dealkylation sites (tertiary alicyclic amines) is 1. The molecule has 3 N–H and O–H groups in total. The highest BCUT2D eigenvalue weighted by Crippen LogP contribution is 2.38. The number of phenolic OH excluding ortho intramolecular Hbond substituents is 1. The largest absolute Gasteiger partial charge is 0.504 e. The van der Waals surface area contributed by atoms with Gasteiger partial charge in [0.25, 0.3) is 5.91 Å². The standard InChI is InChI=1S/C25H29ClN6O3/c1-31-8-6-18(7-9-31)28-21-14-20(26)19-15-27-25(30-22(19)23(21)33)29-17-4-2-16(3-5-17)24(34)32-10-12-35-13-11-32/h2-5,14-15,18,28,33H,6-13H2,1H3,(H,27,29,30). The maximum absolute atomic E-state index is 12.7. The van der Waals surface area contributed by atoms with E-state index in [4.69, 9.17) is 16.3 Å². The monoisotopic (exact) mass is 496 g/mol. The number of anilines is 3. The third-order valence-electron chi connectivity index (χ3n) is 6.56. The molecule has 2 saturated heterocycles. The summed E-state index contributed by atoms with van der Waals surface area (Å²) >= 11 is 6.50.